The Hall–Kier alpha value is -1.51. The largest absolute Gasteiger partial charge is 0.472 e. The van der Waals surface area contributed by atoms with E-state index in [0.29, 0.717) is 6.42 Å². The number of hydrogen-bond acceptors (Lipinski definition) is 8. The predicted octanol–water partition coefficient (Wildman–Crippen LogP) is 17.9. The molecular weight excluding hydrogens is 858 g/mol. The minimum Gasteiger partial charge on any atom is -0.462 e. The maximum Gasteiger partial charge on any atom is 0.472 e. The number of carbonyl (C=O) groups is 2. The zero-order chi connectivity index (χ0) is 48.8. The van der Waals surface area contributed by atoms with Crippen molar-refractivity contribution in [1.29, 1.82) is 0 Å². The zero-order valence-electron chi connectivity index (χ0n) is 44.2. The Balaban J connectivity index is 3.84. The Morgan fingerprint density at radius 3 is 1.16 bits per heavy atom. The van der Waals surface area contributed by atoms with Crippen LogP contribution in [0.1, 0.15) is 296 Å². The second-order valence-electron chi connectivity index (χ2n) is 19.5. The monoisotopic (exact) mass is 968 g/mol. The van der Waals surface area contributed by atoms with Crippen LogP contribution in [0, 0.1) is 0 Å². The molecule has 9 nitrogen and oxygen atoms in total. The molecule has 0 amide bonds. The molecule has 0 aliphatic rings. The van der Waals surface area contributed by atoms with Gasteiger partial charge in [-0.05, 0) is 44.9 Å². The molecule has 0 fully saturated rings. The fourth-order valence-corrected chi connectivity index (χ4v) is 9.32. The molecule has 0 aromatic heterocycles. The van der Waals surface area contributed by atoms with Crippen molar-refractivity contribution in [3.8, 4) is 0 Å². The fourth-order valence-electron chi connectivity index (χ4n) is 8.55. The molecule has 0 aromatic rings. The molecule has 0 aromatic carbocycles. The van der Waals surface area contributed by atoms with Gasteiger partial charge < -0.3 is 20.1 Å². The van der Waals surface area contributed by atoms with Crippen LogP contribution in [0.3, 0.4) is 0 Å². The van der Waals surface area contributed by atoms with Crippen LogP contribution >= 0.6 is 7.82 Å². The van der Waals surface area contributed by atoms with Gasteiger partial charge in [0, 0.05) is 19.4 Å². The van der Waals surface area contributed by atoms with Crippen LogP contribution < -0.4 is 5.73 Å². The number of rotatable bonds is 55. The number of phosphoric ester groups is 1. The Morgan fingerprint density at radius 2 is 0.776 bits per heavy atom. The molecule has 3 N–H and O–H groups in total. The average Bonchev–Trinajstić information content (AvgIpc) is 3.32. The number of esters is 2. The van der Waals surface area contributed by atoms with E-state index in [2.05, 4.69) is 38.2 Å². The van der Waals surface area contributed by atoms with Crippen molar-refractivity contribution in [1.82, 2.24) is 0 Å². The highest BCUT2D eigenvalue weighted by atomic mass is 31.2. The van der Waals surface area contributed by atoms with Crippen molar-refractivity contribution < 1.29 is 37.6 Å². The minimum absolute atomic E-state index is 0.0528. The molecule has 0 heterocycles. The number of carbonyl (C=O) groups excluding carboxylic acids is 2. The molecular formula is C57H110NO8P. The van der Waals surface area contributed by atoms with Crippen LogP contribution in [0.4, 0.5) is 0 Å². The van der Waals surface area contributed by atoms with E-state index in [1.807, 2.05) is 0 Å². The third-order valence-corrected chi connectivity index (χ3v) is 13.8. The van der Waals surface area contributed by atoms with Crippen molar-refractivity contribution in [2.75, 3.05) is 26.4 Å². The van der Waals surface area contributed by atoms with Gasteiger partial charge in [-0.25, -0.2) is 4.57 Å². The highest BCUT2D eigenvalue weighted by Gasteiger charge is 2.26. The molecule has 0 saturated heterocycles. The van der Waals surface area contributed by atoms with Gasteiger partial charge in [0.1, 0.15) is 6.61 Å². The Morgan fingerprint density at radius 1 is 0.448 bits per heavy atom. The summed E-state index contributed by atoms with van der Waals surface area (Å²) in [6.07, 6.45) is 62.5. The lowest BCUT2D eigenvalue weighted by Crippen LogP contribution is -2.29. The molecule has 2 unspecified atom stereocenters. The normalized spacial score (nSPS) is 13.2. The SMILES string of the molecule is CCCCC/C=C\C/C=C\CCCCCCCC(=O)OC(COC(=O)CCCCCCCCCCCCCCCCCCCCCCCCCCCCCCCCC)COP(=O)(O)OCCN. The van der Waals surface area contributed by atoms with E-state index >= 15 is 0 Å². The fraction of sp³-hybridized carbons (Fsp3) is 0.895. The summed E-state index contributed by atoms with van der Waals surface area (Å²) >= 11 is 0. The number of allylic oxidation sites excluding steroid dienone is 4. The second kappa shape index (κ2) is 53.8. The molecule has 0 aliphatic heterocycles. The topological polar surface area (TPSA) is 134 Å². The van der Waals surface area contributed by atoms with Crippen LogP contribution in [0.15, 0.2) is 24.3 Å². The first-order chi connectivity index (χ1) is 32.8. The van der Waals surface area contributed by atoms with Crippen LogP contribution in [-0.2, 0) is 32.7 Å². The Labute approximate surface area is 414 Å². The number of unbranched alkanes of at least 4 members (excludes halogenated alkanes) is 38. The molecule has 0 rings (SSSR count). The highest BCUT2D eigenvalue weighted by molar-refractivity contribution is 7.47. The van der Waals surface area contributed by atoms with Gasteiger partial charge in [0.25, 0.3) is 0 Å². The van der Waals surface area contributed by atoms with E-state index < -0.39 is 26.5 Å². The third-order valence-electron chi connectivity index (χ3n) is 12.8. The predicted molar refractivity (Wildman–Crippen MR) is 284 cm³/mol. The quantitative estimate of drug-likeness (QED) is 0.0264. The maximum atomic E-state index is 12.6. The lowest BCUT2D eigenvalue weighted by molar-refractivity contribution is -0.161. The van der Waals surface area contributed by atoms with Crippen molar-refractivity contribution in [2.45, 2.75) is 302 Å². The van der Waals surface area contributed by atoms with Gasteiger partial charge in [0.15, 0.2) is 6.10 Å². The minimum atomic E-state index is -4.38. The van der Waals surface area contributed by atoms with Gasteiger partial charge in [0.05, 0.1) is 13.2 Å². The highest BCUT2D eigenvalue weighted by Crippen LogP contribution is 2.43. The van der Waals surface area contributed by atoms with Crippen LogP contribution in [0.25, 0.3) is 0 Å². The van der Waals surface area contributed by atoms with Crippen LogP contribution in [0.5, 0.6) is 0 Å². The van der Waals surface area contributed by atoms with E-state index in [1.54, 1.807) is 0 Å². The smallest absolute Gasteiger partial charge is 0.462 e. The lowest BCUT2D eigenvalue weighted by atomic mass is 10.0. The van der Waals surface area contributed by atoms with Gasteiger partial charge in [-0.2, -0.15) is 0 Å². The summed E-state index contributed by atoms with van der Waals surface area (Å²) < 4.78 is 32.9. The van der Waals surface area contributed by atoms with Gasteiger partial charge in [-0.15, -0.1) is 0 Å². The molecule has 0 aliphatic carbocycles. The number of nitrogens with two attached hydrogens (primary N) is 1. The molecule has 67 heavy (non-hydrogen) atoms. The summed E-state index contributed by atoms with van der Waals surface area (Å²) in [6, 6.07) is 0. The van der Waals surface area contributed by atoms with E-state index in [0.717, 1.165) is 57.8 Å². The Kier molecular flexibility index (Phi) is 52.6. The third kappa shape index (κ3) is 53.7. The van der Waals surface area contributed by atoms with Crippen molar-refractivity contribution in [3.05, 3.63) is 24.3 Å². The first kappa shape index (κ1) is 65.5. The second-order valence-corrected chi connectivity index (χ2v) is 21.0. The summed E-state index contributed by atoms with van der Waals surface area (Å²) in [4.78, 5) is 35.1. The summed E-state index contributed by atoms with van der Waals surface area (Å²) in [6.45, 7) is 3.74. The van der Waals surface area contributed by atoms with E-state index in [-0.39, 0.29) is 38.6 Å². The van der Waals surface area contributed by atoms with Crippen LogP contribution in [0.2, 0.25) is 0 Å². The standard InChI is InChI=1S/C57H110NO8P/c1-3-5-7-9-11-13-15-17-19-20-21-22-23-24-25-26-27-28-29-30-31-32-33-34-36-37-39-41-43-45-47-49-56(59)63-53-55(54-65-67(61,62)64-52-51-58)66-57(60)50-48-46-44-42-40-38-35-18-16-14-12-10-8-6-4-2/h12,14,18,35,55H,3-11,13,15-17,19-34,36-54,58H2,1-2H3,(H,61,62)/b14-12-,35-18-. The van der Waals surface area contributed by atoms with Crippen molar-refractivity contribution in [3.63, 3.8) is 0 Å². The molecule has 0 bridgehead atoms. The zero-order valence-corrected chi connectivity index (χ0v) is 45.1. The Bertz CT molecular complexity index is 1150. The molecule has 0 radical (unpaired) electrons. The first-order valence-corrected chi connectivity index (χ1v) is 30.3. The van der Waals surface area contributed by atoms with Crippen LogP contribution in [-0.4, -0.2) is 49.3 Å². The first-order valence-electron chi connectivity index (χ1n) is 28.8. The lowest BCUT2D eigenvalue weighted by Gasteiger charge is -2.19. The summed E-state index contributed by atoms with van der Waals surface area (Å²) in [5.74, 6) is -0.830. The molecule has 2 atom stereocenters. The van der Waals surface area contributed by atoms with E-state index in [1.165, 1.54) is 205 Å². The summed E-state index contributed by atoms with van der Waals surface area (Å²) in [5, 5.41) is 0. The molecule has 0 spiro atoms. The average molecular weight is 968 g/mol. The summed E-state index contributed by atoms with van der Waals surface area (Å²) in [7, 11) is -4.38. The van der Waals surface area contributed by atoms with E-state index in [9.17, 15) is 19.0 Å². The van der Waals surface area contributed by atoms with Gasteiger partial charge in [0.2, 0.25) is 0 Å². The van der Waals surface area contributed by atoms with Gasteiger partial charge >= 0.3 is 19.8 Å². The van der Waals surface area contributed by atoms with Crippen molar-refractivity contribution >= 4 is 19.8 Å². The number of hydrogen-bond donors (Lipinski definition) is 2. The van der Waals surface area contributed by atoms with Gasteiger partial charge in [-0.3, -0.25) is 18.6 Å². The molecule has 0 saturated carbocycles. The number of phosphoric acid groups is 1. The van der Waals surface area contributed by atoms with Gasteiger partial charge in [-0.1, -0.05) is 263 Å². The number of ether oxygens (including phenoxy) is 2. The van der Waals surface area contributed by atoms with E-state index in [4.69, 9.17) is 24.3 Å². The summed E-state index contributed by atoms with van der Waals surface area (Å²) in [5.41, 5.74) is 5.37. The molecule has 10 heteroatoms. The molecule has 396 valence electrons. The maximum absolute atomic E-state index is 12.6. The van der Waals surface area contributed by atoms with Crippen molar-refractivity contribution in [2.24, 2.45) is 5.73 Å².